The van der Waals surface area contributed by atoms with Crippen LogP contribution in [0.3, 0.4) is 0 Å². The van der Waals surface area contributed by atoms with Gasteiger partial charge in [-0.25, -0.2) is 0 Å². The third-order valence-corrected chi connectivity index (χ3v) is 4.63. The summed E-state index contributed by atoms with van der Waals surface area (Å²) in [6.45, 7) is 2.11. The molecule has 0 aliphatic rings. The van der Waals surface area contributed by atoms with Gasteiger partial charge in [-0.3, -0.25) is 24.3 Å². The summed E-state index contributed by atoms with van der Waals surface area (Å²) in [5, 5.41) is 19.9. The van der Waals surface area contributed by atoms with Crippen molar-refractivity contribution in [3.05, 3.63) is 59.6 Å². The summed E-state index contributed by atoms with van der Waals surface area (Å²) < 4.78 is 1.50. The molecule has 0 bridgehead atoms. The molecule has 2 aromatic rings. The van der Waals surface area contributed by atoms with Gasteiger partial charge in [-0.15, -0.1) is 11.3 Å². The molecule has 0 aromatic carbocycles. The second kappa shape index (κ2) is 7.92. The summed E-state index contributed by atoms with van der Waals surface area (Å²) in [7, 11) is 0. The van der Waals surface area contributed by atoms with Gasteiger partial charge in [0.05, 0.1) is 22.0 Å². The zero-order valence-corrected chi connectivity index (χ0v) is 14.7. The lowest BCUT2D eigenvalue weighted by Crippen LogP contribution is -2.36. The van der Waals surface area contributed by atoms with E-state index in [0.29, 0.717) is 17.4 Å². The number of carbonyl (C=O) groups excluding carboxylic acids is 1. The van der Waals surface area contributed by atoms with E-state index in [9.17, 15) is 19.7 Å². The summed E-state index contributed by atoms with van der Waals surface area (Å²) in [6, 6.07) is 6.04. The van der Waals surface area contributed by atoms with Gasteiger partial charge in [0.1, 0.15) is 18.2 Å². The molecule has 2 aromatic heterocycles. The van der Waals surface area contributed by atoms with Crippen molar-refractivity contribution in [2.75, 3.05) is 6.54 Å². The molecular formula is C15H13ClN4O4S. The Kier molecular flexibility index (Phi) is 5.90. The largest absolute Gasteiger partial charge is 0.336 e. The fraction of sp³-hybridized carbons (Fsp3) is 0.267. The second-order valence-electron chi connectivity index (χ2n) is 5.03. The molecule has 0 atom stereocenters. The molecule has 0 aliphatic heterocycles. The summed E-state index contributed by atoms with van der Waals surface area (Å²) in [4.78, 5) is 37.2. The molecule has 130 valence electrons. The average Bonchev–Trinajstić information content (AvgIpc) is 2.99. The summed E-state index contributed by atoms with van der Waals surface area (Å²) in [6.07, 6.45) is 0.969. The summed E-state index contributed by atoms with van der Waals surface area (Å²) >= 11 is 7.21. The maximum Gasteiger partial charge on any atom is 0.287 e. The van der Waals surface area contributed by atoms with Crippen LogP contribution >= 0.6 is 22.9 Å². The van der Waals surface area contributed by atoms with E-state index in [1.54, 1.807) is 25.1 Å². The van der Waals surface area contributed by atoms with Crippen molar-refractivity contribution in [1.82, 2.24) is 9.47 Å². The van der Waals surface area contributed by atoms with Crippen molar-refractivity contribution in [2.24, 2.45) is 0 Å². The van der Waals surface area contributed by atoms with E-state index < -0.39 is 22.1 Å². The van der Waals surface area contributed by atoms with E-state index in [4.69, 9.17) is 16.9 Å². The smallest absolute Gasteiger partial charge is 0.287 e. The number of pyridine rings is 1. The zero-order valence-electron chi connectivity index (χ0n) is 13.1. The molecule has 0 saturated heterocycles. The predicted molar refractivity (Wildman–Crippen MR) is 92.5 cm³/mol. The van der Waals surface area contributed by atoms with Gasteiger partial charge >= 0.3 is 0 Å². The Morgan fingerprint density at radius 3 is 2.76 bits per heavy atom. The van der Waals surface area contributed by atoms with E-state index in [1.807, 2.05) is 0 Å². The number of likely N-dealkylation sites (N-methyl/N-ethyl adjacent to an activating group) is 1. The molecule has 0 N–H and O–H groups in total. The Morgan fingerprint density at radius 2 is 2.24 bits per heavy atom. The Balaban J connectivity index is 2.26. The van der Waals surface area contributed by atoms with Gasteiger partial charge in [-0.1, -0.05) is 11.6 Å². The third-order valence-electron chi connectivity index (χ3n) is 3.42. The van der Waals surface area contributed by atoms with Crippen LogP contribution < -0.4 is 5.56 Å². The van der Waals surface area contributed by atoms with Crippen LogP contribution in [0.2, 0.25) is 4.34 Å². The van der Waals surface area contributed by atoms with Crippen molar-refractivity contribution in [2.45, 2.75) is 20.0 Å². The summed E-state index contributed by atoms with van der Waals surface area (Å²) in [5.41, 5.74) is -1.54. The minimum Gasteiger partial charge on any atom is -0.336 e. The van der Waals surface area contributed by atoms with Gasteiger partial charge in [0.2, 0.25) is 5.91 Å². The van der Waals surface area contributed by atoms with E-state index >= 15 is 0 Å². The van der Waals surface area contributed by atoms with Crippen molar-refractivity contribution in [3.8, 4) is 6.07 Å². The van der Waals surface area contributed by atoms with Crippen LogP contribution in [-0.2, 0) is 17.9 Å². The van der Waals surface area contributed by atoms with Crippen LogP contribution in [0.4, 0.5) is 5.69 Å². The first-order valence-corrected chi connectivity index (χ1v) is 8.36. The van der Waals surface area contributed by atoms with Gasteiger partial charge in [0.15, 0.2) is 0 Å². The first-order chi connectivity index (χ1) is 11.8. The molecule has 0 spiro atoms. The van der Waals surface area contributed by atoms with Crippen LogP contribution in [0.15, 0.2) is 29.2 Å². The number of nitro groups is 1. The quantitative estimate of drug-likeness (QED) is 0.564. The number of amides is 1. The first-order valence-electron chi connectivity index (χ1n) is 7.16. The van der Waals surface area contributed by atoms with Crippen LogP contribution in [0, 0.1) is 21.4 Å². The Hall–Kier alpha value is -2.70. The van der Waals surface area contributed by atoms with Gasteiger partial charge < -0.3 is 4.90 Å². The van der Waals surface area contributed by atoms with Crippen molar-refractivity contribution >= 4 is 34.5 Å². The van der Waals surface area contributed by atoms with Crippen molar-refractivity contribution in [3.63, 3.8) is 0 Å². The van der Waals surface area contributed by atoms with Crippen molar-refractivity contribution < 1.29 is 9.72 Å². The van der Waals surface area contributed by atoms with Crippen LogP contribution in [0.25, 0.3) is 0 Å². The number of hydrogen-bond donors (Lipinski definition) is 0. The van der Waals surface area contributed by atoms with Crippen LogP contribution in [0.5, 0.6) is 0 Å². The molecule has 0 aliphatic carbocycles. The van der Waals surface area contributed by atoms with E-state index in [2.05, 4.69) is 0 Å². The minimum absolute atomic E-state index is 0.321. The lowest BCUT2D eigenvalue weighted by atomic mass is 10.2. The summed E-state index contributed by atoms with van der Waals surface area (Å²) in [5.74, 6) is -0.390. The molecule has 1 amide bonds. The highest BCUT2D eigenvalue weighted by molar-refractivity contribution is 7.16. The average molecular weight is 381 g/mol. The Morgan fingerprint density at radius 1 is 1.52 bits per heavy atom. The SMILES string of the molecule is CCN(Cc1ccc(Cl)s1)C(=O)Cn1cc([N+](=O)[O-])cc(C#N)c1=O. The number of nitriles is 1. The van der Waals surface area contributed by atoms with E-state index in [0.717, 1.165) is 21.7 Å². The number of halogens is 1. The molecule has 8 nitrogen and oxygen atoms in total. The number of carbonyl (C=O) groups is 1. The lowest BCUT2D eigenvalue weighted by molar-refractivity contribution is -0.385. The molecule has 2 heterocycles. The van der Waals surface area contributed by atoms with E-state index in [1.165, 1.54) is 16.2 Å². The number of rotatable bonds is 6. The first kappa shape index (κ1) is 18.6. The van der Waals surface area contributed by atoms with Crippen LogP contribution in [-0.4, -0.2) is 26.8 Å². The molecule has 25 heavy (non-hydrogen) atoms. The minimum atomic E-state index is -0.739. The zero-order chi connectivity index (χ0) is 18.6. The Bertz CT molecular complexity index is 915. The molecule has 0 unspecified atom stereocenters. The number of nitrogens with zero attached hydrogens (tertiary/aromatic N) is 4. The molecule has 0 fully saturated rings. The van der Waals surface area contributed by atoms with Gasteiger partial charge in [0.25, 0.3) is 11.2 Å². The fourth-order valence-electron chi connectivity index (χ4n) is 2.16. The van der Waals surface area contributed by atoms with Gasteiger partial charge in [-0.05, 0) is 19.1 Å². The number of hydrogen-bond acceptors (Lipinski definition) is 6. The maximum atomic E-state index is 12.5. The maximum absolute atomic E-state index is 12.5. The van der Waals surface area contributed by atoms with Gasteiger partial charge in [-0.2, -0.15) is 5.26 Å². The van der Waals surface area contributed by atoms with Crippen LogP contribution in [0.1, 0.15) is 17.4 Å². The number of thiophene rings is 1. The molecule has 0 radical (unpaired) electrons. The number of aromatic nitrogens is 1. The highest BCUT2D eigenvalue weighted by atomic mass is 35.5. The monoisotopic (exact) mass is 380 g/mol. The third kappa shape index (κ3) is 4.43. The van der Waals surface area contributed by atoms with Crippen molar-refractivity contribution in [1.29, 1.82) is 5.26 Å². The highest BCUT2D eigenvalue weighted by Gasteiger charge is 2.18. The molecule has 0 saturated carbocycles. The topological polar surface area (TPSA) is 109 Å². The highest BCUT2D eigenvalue weighted by Crippen LogP contribution is 2.22. The normalized spacial score (nSPS) is 10.3. The molecule has 2 rings (SSSR count). The van der Waals surface area contributed by atoms with E-state index in [-0.39, 0.29) is 12.1 Å². The second-order valence-corrected chi connectivity index (χ2v) is 6.83. The molecular weight excluding hydrogens is 368 g/mol. The predicted octanol–water partition coefficient (Wildman–Crippen LogP) is 2.39. The standard InChI is InChI=1S/C15H13ClN4O4S/c1-2-18(8-12-3-4-13(16)25-12)14(21)9-19-7-11(20(23)24)5-10(6-17)15(19)22/h3-5,7H,2,8-9H2,1H3. The fourth-order valence-corrected chi connectivity index (χ4v) is 3.27. The lowest BCUT2D eigenvalue weighted by Gasteiger charge is -2.20. The Labute approximate surface area is 151 Å². The molecule has 10 heteroatoms. The van der Waals surface area contributed by atoms with Gasteiger partial charge in [0, 0.05) is 17.5 Å².